The van der Waals surface area contributed by atoms with Crippen LogP contribution >= 0.6 is 0 Å². The first-order valence-electron chi connectivity index (χ1n) is 12.3. The van der Waals surface area contributed by atoms with Gasteiger partial charge in [0.05, 0.1) is 0 Å². The Morgan fingerprint density at radius 3 is 1.09 bits per heavy atom. The van der Waals surface area contributed by atoms with E-state index in [0.29, 0.717) is 11.5 Å². The lowest BCUT2D eigenvalue weighted by molar-refractivity contribution is 0.291. The zero-order chi connectivity index (χ0) is 24.5. The molecule has 0 heterocycles. The highest BCUT2D eigenvalue weighted by Crippen LogP contribution is 2.27. The second-order valence-electron chi connectivity index (χ2n) is 8.58. The highest BCUT2D eigenvalue weighted by Gasteiger charge is 2.08. The van der Waals surface area contributed by atoms with Gasteiger partial charge in [0.2, 0.25) is 0 Å². The minimum absolute atomic E-state index is 0.399. The number of fused-ring (bicyclic) bond motifs is 2. The Morgan fingerprint density at radius 1 is 0.500 bits per heavy atom. The molecular formula is C30H38N2O2. The van der Waals surface area contributed by atoms with Gasteiger partial charge in [0.1, 0.15) is 11.5 Å². The summed E-state index contributed by atoms with van der Waals surface area (Å²) < 4.78 is 0. The van der Waals surface area contributed by atoms with Crippen LogP contribution in [0.5, 0.6) is 11.5 Å². The van der Waals surface area contributed by atoms with Crippen LogP contribution in [-0.2, 0) is 13.1 Å². The molecule has 0 unspecified atom stereocenters. The maximum absolute atomic E-state index is 10.0. The average Bonchev–Trinajstić information content (AvgIpc) is 2.86. The lowest BCUT2D eigenvalue weighted by atomic mass is 10.1. The van der Waals surface area contributed by atoms with Gasteiger partial charge in [0, 0.05) is 24.2 Å². The Bertz CT molecular complexity index is 1100. The van der Waals surface area contributed by atoms with Gasteiger partial charge in [0.15, 0.2) is 0 Å². The van der Waals surface area contributed by atoms with Crippen molar-refractivity contribution in [2.45, 2.75) is 40.8 Å². The van der Waals surface area contributed by atoms with E-state index in [0.717, 1.165) is 61.2 Å². The Morgan fingerprint density at radius 2 is 0.794 bits per heavy atom. The molecule has 180 valence electrons. The number of phenols is 2. The largest absolute Gasteiger partial charge is 0.508 e. The van der Waals surface area contributed by atoms with E-state index in [1.165, 1.54) is 10.8 Å². The van der Waals surface area contributed by atoms with Crippen molar-refractivity contribution in [1.82, 2.24) is 9.80 Å². The van der Waals surface area contributed by atoms with Gasteiger partial charge in [-0.1, -0.05) is 76.2 Å². The van der Waals surface area contributed by atoms with Crippen LogP contribution in [-0.4, -0.2) is 46.2 Å². The van der Waals surface area contributed by atoms with Crippen LogP contribution in [0, 0.1) is 0 Å². The predicted octanol–water partition coefficient (Wildman–Crippen LogP) is 6.77. The average molecular weight is 459 g/mol. The molecule has 4 heteroatoms. The van der Waals surface area contributed by atoms with Crippen molar-refractivity contribution in [3.8, 4) is 11.5 Å². The molecule has 0 radical (unpaired) electrons. The van der Waals surface area contributed by atoms with E-state index in [1.54, 1.807) is 0 Å². The fraction of sp³-hybridized carbons (Fsp3) is 0.333. The van der Waals surface area contributed by atoms with Crippen molar-refractivity contribution < 1.29 is 10.2 Å². The molecule has 34 heavy (non-hydrogen) atoms. The zero-order valence-corrected chi connectivity index (χ0v) is 21.0. The molecule has 2 N–H and O–H groups in total. The topological polar surface area (TPSA) is 46.9 Å². The summed E-state index contributed by atoms with van der Waals surface area (Å²) in [5.41, 5.74) is 2.01. The third-order valence-corrected chi connectivity index (χ3v) is 6.47. The van der Waals surface area contributed by atoms with Crippen molar-refractivity contribution in [1.29, 1.82) is 0 Å². The van der Waals surface area contributed by atoms with E-state index in [9.17, 15) is 10.2 Å². The Kier molecular flexibility index (Phi) is 9.32. The Hall–Kier alpha value is -3.08. The van der Waals surface area contributed by atoms with E-state index < -0.39 is 0 Å². The van der Waals surface area contributed by atoms with Crippen LogP contribution in [0.3, 0.4) is 0 Å². The SMILES string of the molecule is CCN(CC)Cc1cc2ccccc2cc1O.CCN(CC)Cc1cc2ccccc2cc1O. The summed E-state index contributed by atoms with van der Waals surface area (Å²) >= 11 is 0. The molecule has 0 amide bonds. The number of benzene rings is 4. The summed E-state index contributed by atoms with van der Waals surface area (Å²) in [6.07, 6.45) is 0. The first kappa shape index (κ1) is 25.5. The van der Waals surface area contributed by atoms with Crippen molar-refractivity contribution in [3.63, 3.8) is 0 Å². The molecule has 4 nitrogen and oxygen atoms in total. The van der Waals surface area contributed by atoms with Gasteiger partial charge in [-0.3, -0.25) is 9.80 Å². The van der Waals surface area contributed by atoms with Crippen molar-refractivity contribution in [2.75, 3.05) is 26.2 Å². The van der Waals surface area contributed by atoms with Crippen LogP contribution in [0.15, 0.2) is 72.8 Å². The van der Waals surface area contributed by atoms with E-state index in [1.807, 2.05) is 48.5 Å². The minimum Gasteiger partial charge on any atom is -0.508 e. The molecule has 0 fully saturated rings. The Balaban J connectivity index is 0.000000191. The molecule has 0 saturated carbocycles. The fourth-order valence-electron chi connectivity index (χ4n) is 4.18. The maximum Gasteiger partial charge on any atom is 0.120 e. The van der Waals surface area contributed by atoms with Crippen LogP contribution in [0.25, 0.3) is 21.5 Å². The molecule has 4 aromatic carbocycles. The van der Waals surface area contributed by atoms with Crippen LogP contribution in [0.2, 0.25) is 0 Å². The number of hydrogen-bond acceptors (Lipinski definition) is 4. The molecule has 0 aliphatic rings. The lowest BCUT2D eigenvalue weighted by Gasteiger charge is -2.19. The normalized spacial score (nSPS) is 11.2. The van der Waals surface area contributed by atoms with Gasteiger partial charge in [-0.2, -0.15) is 0 Å². The minimum atomic E-state index is 0.399. The summed E-state index contributed by atoms with van der Waals surface area (Å²) in [6.45, 7) is 14.2. The van der Waals surface area contributed by atoms with Crippen LogP contribution in [0.1, 0.15) is 38.8 Å². The number of rotatable bonds is 8. The monoisotopic (exact) mass is 458 g/mol. The lowest BCUT2D eigenvalue weighted by Crippen LogP contribution is -2.22. The van der Waals surface area contributed by atoms with Crippen LogP contribution < -0.4 is 0 Å². The second-order valence-corrected chi connectivity index (χ2v) is 8.58. The molecule has 4 aromatic rings. The smallest absolute Gasteiger partial charge is 0.120 e. The van der Waals surface area contributed by atoms with Gasteiger partial charge >= 0.3 is 0 Å². The number of nitrogens with zero attached hydrogens (tertiary/aromatic N) is 2. The quantitative estimate of drug-likeness (QED) is 0.306. The highest BCUT2D eigenvalue weighted by atomic mass is 16.3. The third-order valence-electron chi connectivity index (χ3n) is 6.47. The molecule has 0 saturated heterocycles. The zero-order valence-electron chi connectivity index (χ0n) is 21.0. The van der Waals surface area contributed by atoms with Gasteiger partial charge in [0.25, 0.3) is 0 Å². The predicted molar refractivity (Wildman–Crippen MR) is 144 cm³/mol. The van der Waals surface area contributed by atoms with E-state index in [-0.39, 0.29) is 0 Å². The summed E-state index contributed by atoms with van der Waals surface area (Å²) in [4.78, 5) is 4.59. The third kappa shape index (κ3) is 6.49. The molecule has 0 aromatic heterocycles. The highest BCUT2D eigenvalue weighted by molar-refractivity contribution is 5.85. The molecule has 4 rings (SSSR count). The number of aromatic hydroxyl groups is 2. The van der Waals surface area contributed by atoms with Crippen molar-refractivity contribution >= 4 is 21.5 Å². The first-order valence-corrected chi connectivity index (χ1v) is 12.3. The molecule has 0 aliphatic heterocycles. The summed E-state index contributed by atoms with van der Waals surface area (Å²) in [7, 11) is 0. The molecule has 0 aliphatic carbocycles. The van der Waals surface area contributed by atoms with E-state index in [2.05, 4.69) is 61.8 Å². The van der Waals surface area contributed by atoms with Crippen molar-refractivity contribution in [2.24, 2.45) is 0 Å². The molecular weight excluding hydrogens is 420 g/mol. The van der Waals surface area contributed by atoms with E-state index >= 15 is 0 Å². The van der Waals surface area contributed by atoms with Gasteiger partial charge in [-0.25, -0.2) is 0 Å². The van der Waals surface area contributed by atoms with Crippen LogP contribution in [0.4, 0.5) is 0 Å². The fourth-order valence-corrected chi connectivity index (χ4v) is 4.18. The number of phenolic OH excluding ortho intramolecular Hbond substituents is 2. The molecule has 0 bridgehead atoms. The number of hydrogen-bond donors (Lipinski definition) is 2. The summed E-state index contributed by atoms with van der Waals surface area (Å²) in [6, 6.07) is 24.1. The maximum atomic E-state index is 10.0. The summed E-state index contributed by atoms with van der Waals surface area (Å²) in [5.74, 6) is 0.797. The van der Waals surface area contributed by atoms with Gasteiger partial charge in [-0.05, 0) is 72.0 Å². The molecule has 0 spiro atoms. The second kappa shape index (κ2) is 12.4. The standard InChI is InChI=1S/2C15H19NO/c2*1-3-16(4-2)11-14-9-12-7-5-6-8-13(12)10-15(14)17/h2*5-10,17H,3-4,11H2,1-2H3. The van der Waals surface area contributed by atoms with Gasteiger partial charge < -0.3 is 10.2 Å². The van der Waals surface area contributed by atoms with Crippen molar-refractivity contribution in [3.05, 3.63) is 83.9 Å². The first-order chi connectivity index (χ1) is 16.5. The Labute approximate surface area is 204 Å². The molecule has 0 atom stereocenters. The van der Waals surface area contributed by atoms with E-state index in [4.69, 9.17) is 0 Å². The van der Waals surface area contributed by atoms with Gasteiger partial charge in [-0.15, -0.1) is 0 Å². The summed E-state index contributed by atoms with van der Waals surface area (Å²) in [5, 5.41) is 24.6.